The van der Waals surface area contributed by atoms with Crippen molar-refractivity contribution in [1.29, 1.82) is 5.41 Å². The van der Waals surface area contributed by atoms with Crippen LogP contribution in [0.25, 0.3) is 0 Å². The Bertz CT molecular complexity index is 177. The van der Waals surface area contributed by atoms with Gasteiger partial charge in [0.05, 0.1) is 0 Å². The van der Waals surface area contributed by atoms with Gasteiger partial charge in [-0.2, -0.15) is 18.7 Å². The summed E-state index contributed by atoms with van der Waals surface area (Å²) < 4.78 is 33.8. The lowest BCUT2D eigenvalue weighted by molar-refractivity contribution is -0.203. The maximum atomic E-state index is 11.3. The first-order valence-electron chi connectivity index (χ1n) is 2.22. The summed E-state index contributed by atoms with van der Waals surface area (Å²) in [5, 5.41) is 6.31. The molecule has 5 nitrogen and oxygen atoms in total. The minimum Gasteiger partial charge on any atom is -0.368 e. The molecule has 0 unspecified atom stereocenters. The number of hydroxylamine groups is 1. The fourth-order valence-corrected chi connectivity index (χ4v) is 0.159. The molecule has 0 aromatic rings. The summed E-state index contributed by atoms with van der Waals surface area (Å²) in [5.74, 6) is -3.34. The van der Waals surface area contributed by atoms with Crippen molar-refractivity contribution in [3.63, 3.8) is 0 Å². The topological polar surface area (TPSA) is 88.2 Å². The summed E-state index contributed by atoms with van der Waals surface area (Å²) in [4.78, 5) is 13.1. The molecule has 0 saturated carbocycles. The Morgan fingerprint density at radius 1 is 1.55 bits per heavy atom. The van der Waals surface area contributed by atoms with Gasteiger partial charge in [0, 0.05) is 0 Å². The van der Waals surface area contributed by atoms with Gasteiger partial charge < -0.3 is 10.6 Å². The van der Waals surface area contributed by atoms with E-state index in [-0.39, 0.29) is 0 Å². The van der Waals surface area contributed by atoms with Crippen molar-refractivity contribution >= 4 is 11.9 Å². The highest BCUT2D eigenvalue weighted by molar-refractivity contribution is 5.79. The average molecular weight is 171 g/mol. The summed E-state index contributed by atoms with van der Waals surface area (Å²) in [6.07, 6.45) is -5.08. The zero-order chi connectivity index (χ0) is 9.07. The van der Waals surface area contributed by atoms with E-state index >= 15 is 0 Å². The van der Waals surface area contributed by atoms with E-state index in [4.69, 9.17) is 5.41 Å². The Labute approximate surface area is 58.8 Å². The van der Waals surface area contributed by atoms with E-state index in [1.54, 1.807) is 0 Å². The fraction of sp³-hybridized carbons (Fsp3) is 0.333. The van der Waals surface area contributed by atoms with Crippen molar-refractivity contribution < 1.29 is 22.8 Å². The maximum Gasteiger partial charge on any atom is 0.493 e. The third-order valence-corrected chi connectivity index (χ3v) is 0.485. The molecule has 11 heavy (non-hydrogen) atoms. The van der Waals surface area contributed by atoms with Gasteiger partial charge >= 0.3 is 12.1 Å². The highest BCUT2D eigenvalue weighted by atomic mass is 19.4. The van der Waals surface area contributed by atoms with Crippen LogP contribution in [0.1, 0.15) is 0 Å². The first-order chi connectivity index (χ1) is 4.84. The molecule has 8 heteroatoms. The van der Waals surface area contributed by atoms with E-state index in [0.717, 1.165) is 0 Å². The van der Waals surface area contributed by atoms with Crippen LogP contribution in [-0.2, 0) is 9.63 Å². The number of carbonyl (C=O) groups excluding carboxylic acids is 1. The number of nitrogens with one attached hydrogen (secondary N) is 2. The van der Waals surface area contributed by atoms with Crippen LogP contribution in [0.15, 0.2) is 0 Å². The largest absolute Gasteiger partial charge is 0.493 e. The molecule has 4 N–H and O–H groups in total. The predicted octanol–water partition coefficient (Wildman–Crippen LogP) is -0.510. The number of rotatable bonds is 0. The molecular weight excluding hydrogens is 167 g/mol. The van der Waals surface area contributed by atoms with E-state index in [0.29, 0.717) is 0 Å². The molecule has 0 heterocycles. The van der Waals surface area contributed by atoms with Gasteiger partial charge in [-0.15, -0.1) is 0 Å². The van der Waals surface area contributed by atoms with Crippen LogP contribution in [0.3, 0.4) is 0 Å². The molecule has 0 aliphatic rings. The maximum absolute atomic E-state index is 11.3. The lowest BCUT2D eigenvalue weighted by Gasteiger charge is -2.05. The zero-order valence-corrected chi connectivity index (χ0v) is 5.03. The van der Waals surface area contributed by atoms with Crippen LogP contribution < -0.4 is 11.2 Å². The monoisotopic (exact) mass is 171 g/mol. The highest BCUT2D eigenvalue weighted by Crippen LogP contribution is 2.15. The van der Waals surface area contributed by atoms with Crippen molar-refractivity contribution in [2.75, 3.05) is 0 Å². The van der Waals surface area contributed by atoms with Gasteiger partial charge in [-0.05, 0) is 0 Å². The summed E-state index contributed by atoms with van der Waals surface area (Å²) in [6.45, 7) is 0. The van der Waals surface area contributed by atoms with Crippen LogP contribution in [0.4, 0.5) is 13.2 Å². The molecular formula is C3H4F3N3O2. The lowest BCUT2D eigenvalue weighted by atomic mass is 10.7. The number of hydrogen-bond donors (Lipinski definition) is 3. The third kappa shape index (κ3) is 4.00. The van der Waals surface area contributed by atoms with Gasteiger partial charge in [0.15, 0.2) is 0 Å². The van der Waals surface area contributed by atoms with E-state index < -0.39 is 18.1 Å². The second-order valence-electron chi connectivity index (χ2n) is 1.40. The second kappa shape index (κ2) is 3.08. The van der Waals surface area contributed by atoms with Crippen molar-refractivity contribution in [3.8, 4) is 0 Å². The molecule has 0 spiro atoms. The van der Waals surface area contributed by atoms with Crippen molar-refractivity contribution in [2.24, 2.45) is 5.73 Å². The van der Waals surface area contributed by atoms with Gasteiger partial charge in [0.2, 0.25) is 5.96 Å². The lowest BCUT2D eigenvalue weighted by Crippen LogP contribution is -2.37. The molecule has 0 saturated heterocycles. The first kappa shape index (κ1) is 9.53. The SMILES string of the molecule is N=C(N)NOC(=O)C(F)(F)F. The summed E-state index contributed by atoms with van der Waals surface area (Å²) in [6, 6.07) is 0. The Kier molecular flexibility index (Phi) is 2.67. The zero-order valence-electron chi connectivity index (χ0n) is 5.03. The fourth-order valence-electron chi connectivity index (χ4n) is 0.159. The summed E-state index contributed by atoms with van der Waals surface area (Å²) >= 11 is 0. The number of guanidine groups is 1. The molecule has 0 amide bonds. The van der Waals surface area contributed by atoms with Crippen molar-refractivity contribution in [2.45, 2.75) is 6.18 Å². The van der Waals surface area contributed by atoms with Crippen molar-refractivity contribution in [3.05, 3.63) is 0 Å². The molecule has 0 aliphatic heterocycles. The molecule has 64 valence electrons. The number of nitrogens with two attached hydrogens (primary N) is 1. The van der Waals surface area contributed by atoms with Crippen LogP contribution >= 0.6 is 0 Å². The quantitative estimate of drug-likeness (QED) is 0.260. The van der Waals surface area contributed by atoms with E-state index in [2.05, 4.69) is 10.6 Å². The molecule has 0 bridgehead atoms. The first-order valence-corrected chi connectivity index (χ1v) is 2.22. The predicted molar refractivity (Wildman–Crippen MR) is 27.2 cm³/mol. The molecule has 0 fully saturated rings. The van der Waals surface area contributed by atoms with E-state index in [1.807, 2.05) is 0 Å². The average Bonchev–Trinajstić information content (AvgIpc) is 1.80. The van der Waals surface area contributed by atoms with Gasteiger partial charge in [-0.25, -0.2) is 4.79 Å². The normalized spacial score (nSPS) is 10.5. The highest BCUT2D eigenvalue weighted by Gasteiger charge is 2.41. The molecule has 0 atom stereocenters. The molecule has 0 radical (unpaired) electrons. The Hall–Kier alpha value is -1.47. The molecule has 0 aliphatic carbocycles. The van der Waals surface area contributed by atoms with Crippen LogP contribution in [0.2, 0.25) is 0 Å². The Morgan fingerprint density at radius 2 is 2.00 bits per heavy atom. The minimum absolute atomic E-state index is 0.886. The number of hydrogen-bond acceptors (Lipinski definition) is 3. The van der Waals surface area contributed by atoms with Crippen molar-refractivity contribution in [1.82, 2.24) is 5.48 Å². The Morgan fingerprint density at radius 3 is 2.27 bits per heavy atom. The Balaban J connectivity index is 3.80. The van der Waals surface area contributed by atoms with Gasteiger partial charge in [-0.3, -0.25) is 5.41 Å². The summed E-state index contributed by atoms with van der Waals surface area (Å²) in [5.41, 5.74) is 5.75. The van der Waals surface area contributed by atoms with Gasteiger partial charge in [-0.1, -0.05) is 0 Å². The van der Waals surface area contributed by atoms with Crippen LogP contribution in [0.5, 0.6) is 0 Å². The van der Waals surface area contributed by atoms with E-state index in [9.17, 15) is 18.0 Å². The molecule has 0 rings (SSSR count). The minimum atomic E-state index is -5.08. The smallest absolute Gasteiger partial charge is 0.368 e. The van der Waals surface area contributed by atoms with E-state index in [1.165, 1.54) is 5.48 Å². The second-order valence-corrected chi connectivity index (χ2v) is 1.40. The van der Waals surface area contributed by atoms with Crippen LogP contribution in [-0.4, -0.2) is 18.1 Å². The molecule has 0 aromatic heterocycles. The number of alkyl halides is 3. The van der Waals surface area contributed by atoms with Crippen LogP contribution in [0, 0.1) is 5.41 Å². The number of carbonyl (C=O) groups is 1. The standard InChI is InChI=1S/C3H4F3N3O2/c4-3(5,6)1(10)11-9-2(7)8/h(H4,7,8,9). The van der Waals surface area contributed by atoms with Gasteiger partial charge in [0.25, 0.3) is 0 Å². The number of halogens is 3. The molecule has 0 aromatic carbocycles. The summed E-state index contributed by atoms with van der Waals surface area (Å²) in [7, 11) is 0. The van der Waals surface area contributed by atoms with Gasteiger partial charge in [0.1, 0.15) is 0 Å². The third-order valence-electron chi connectivity index (χ3n) is 0.485.